The molecule has 3 heterocycles. The third-order valence-electron chi connectivity index (χ3n) is 6.84. The molecule has 8 heteroatoms. The quantitative estimate of drug-likeness (QED) is 0.511. The van der Waals surface area contributed by atoms with Crippen LogP contribution in [0.15, 0.2) is 55.0 Å². The molecule has 35 heavy (non-hydrogen) atoms. The van der Waals surface area contributed by atoms with E-state index in [4.69, 9.17) is 28.7 Å². The molecule has 1 aliphatic heterocycles. The third-order valence-corrected chi connectivity index (χ3v) is 6.84. The van der Waals surface area contributed by atoms with E-state index in [1.807, 2.05) is 25.1 Å². The van der Waals surface area contributed by atoms with Gasteiger partial charge in [0.25, 0.3) is 0 Å². The Morgan fingerprint density at radius 1 is 0.857 bits per heavy atom. The molecule has 0 spiro atoms. The highest BCUT2D eigenvalue weighted by molar-refractivity contribution is 5.64. The largest absolute Gasteiger partial charge is 0.376 e. The van der Waals surface area contributed by atoms with Gasteiger partial charge in [-0.25, -0.2) is 9.97 Å². The fourth-order valence-electron chi connectivity index (χ4n) is 5.10. The molecule has 2 unspecified atom stereocenters. The number of rotatable bonds is 7. The first-order chi connectivity index (χ1) is 17.1. The van der Waals surface area contributed by atoms with Gasteiger partial charge in [0.1, 0.15) is 18.3 Å². The van der Waals surface area contributed by atoms with Crippen molar-refractivity contribution in [2.75, 3.05) is 21.3 Å². The van der Waals surface area contributed by atoms with Crippen molar-refractivity contribution in [3.05, 3.63) is 66.1 Å². The first-order valence-corrected chi connectivity index (χ1v) is 11.9. The summed E-state index contributed by atoms with van der Waals surface area (Å²) in [5.74, 6) is 0.661. The number of benzene rings is 1. The molecular formula is C27H31N3O5. The van der Waals surface area contributed by atoms with Gasteiger partial charge in [0.15, 0.2) is 12.1 Å². The Bertz CT molecular complexity index is 1140. The Morgan fingerprint density at radius 2 is 1.66 bits per heavy atom. The lowest BCUT2D eigenvalue weighted by Crippen LogP contribution is -2.59. The van der Waals surface area contributed by atoms with Crippen molar-refractivity contribution in [3.8, 4) is 22.6 Å². The van der Waals surface area contributed by atoms with Crippen LogP contribution in [0.25, 0.3) is 22.6 Å². The molecular weight excluding hydrogens is 446 g/mol. The lowest BCUT2D eigenvalue weighted by molar-refractivity contribution is -0.314. The number of hydrogen-bond donors (Lipinski definition) is 0. The molecule has 0 amide bonds. The number of ether oxygens (including phenoxy) is 5. The molecule has 0 bridgehead atoms. The summed E-state index contributed by atoms with van der Waals surface area (Å²) in [5, 5.41) is 0. The molecule has 0 N–H and O–H groups in total. The van der Waals surface area contributed by atoms with Crippen LogP contribution in [0, 0.1) is 0 Å². The van der Waals surface area contributed by atoms with E-state index in [0.717, 1.165) is 29.7 Å². The number of nitrogens with zero attached hydrogens (tertiary/aromatic N) is 3. The number of methoxy groups -OCH3 is 3. The first-order valence-electron chi connectivity index (χ1n) is 11.9. The zero-order valence-electron chi connectivity index (χ0n) is 20.5. The molecule has 6 atom stereocenters. The van der Waals surface area contributed by atoms with Crippen LogP contribution in [0.4, 0.5) is 0 Å². The minimum absolute atomic E-state index is 0.0111. The number of hydrogen-bond acceptors (Lipinski definition) is 8. The molecule has 2 aliphatic rings. The second-order valence-corrected chi connectivity index (χ2v) is 8.97. The van der Waals surface area contributed by atoms with Gasteiger partial charge in [0.05, 0.1) is 17.9 Å². The lowest BCUT2D eigenvalue weighted by Gasteiger charge is -2.44. The van der Waals surface area contributed by atoms with Crippen LogP contribution in [0.5, 0.6) is 0 Å². The van der Waals surface area contributed by atoms with Crippen molar-refractivity contribution in [2.45, 2.75) is 56.6 Å². The predicted octanol–water partition coefficient (Wildman–Crippen LogP) is 3.48. The summed E-state index contributed by atoms with van der Waals surface area (Å²) in [7, 11) is 4.97. The summed E-state index contributed by atoms with van der Waals surface area (Å²) in [5.41, 5.74) is 5.35. The third kappa shape index (κ3) is 4.85. The first kappa shape index (κ1) is 24.0. The zero-order chi connectivity index (χ0) is 24.4. The molecule has 1 aliphatic carbocycles. The second-order valence-electron chi connectivity index (χ2n) is 8.97. The van der Waals surface area contributed by atoms with Crippen molar-refractivity contribution in [1.29, 1.82) is 0 Å². The van der Waals surface area contributed by atoms with E-state index >= 15 is 0 Å². The van der Waals surface area contributed by atoms with Crippen molar-refractivity contribution < 1.29 is 23.7 Å². The predicted molar refractivity (Wildman–Crippen MR) is 130 cm³/mol. The molecule has 1 aromatic carbocycles. The SMILES string of the molecule is CO[C@@H]1[C@@H](OC)[C@@H](OC)C(OC2Cc3ccc(-c4ccnc(-c5cccnc5)n4)cc3C2)O[C@H]1C. The van der Waals surface area contributed by atoms with Crippen molar-refractivity contribution in [2.24, 2.45) is 0 Å². The molecule has 184 valence electrons. The summed E-state index contributed by atoms with van der Waals surface area (Å²) in [6.45, 7) is 1.97. The van der Waals surface area contributed by atoms with Crippen molar-refractivity contribution in [3.63, 3.8) is 0 Å². The van der Waals surface area contributed by atoms with E-state index in [1.165, 1.54) is 11.1 Å². The van der Waals surface area contributed by atoms with Crippen LogP contribution >= 0.6 is 0 Å². The molecule has 3 aromatic rings. The fraction of sp³-hybridized carbons (Fsp3) is 0.444. The summed E-state index contributed by atoms with van der Waals surface area (Å²) >= 11 is 0. The number of pyridine rings is 1. The Kier molecular flexibility index (Phi) is 7.17. The average Bonchev–Trinajstić information content (AvgIpc) is 3.30. The zero-order valence-corrected chi connectivity index (χ0v) is 20.5. The van der Waals surface area contributed by atoms with E-state index in [0.29, 0.717) is 5.82 Å². The van der Waals surface area contributed by atoms with Crippen LogP contribution in [0.2, 0.25) is 0 Å². The van der Waals surface area contributed by atoms with Gasteiger partial charge in [-0.05, 0) is 55.2 Å². The fourth-order valence-corrected chi connectivity index (χ4v) is 5.10. The topological polar surface area (TPSA) is 84.8 Å². The average molecular weight is 478 g/mol. The van der Waals surface area contributed by atoms with Crippen LogP contribution in [-0.2, 0) is 36.5 Å². The highest BCUT2D eigenvalue weighted by atomic mass is 16.7. The maximum Gasteiger partial charge on any atom is 0.187 e. The van der Waals surface area contributed by atoms with E-state index in [-0.39, 0.29) is 30.5 Å². The molecule has 8 nitrogen and oxygen atoms in total. The van der Waals surface area contributed by atoms with Gasteiger partial charge >= 0.3 is 0 Å². The van der Waals surface area contributed by atoms with E-state index in [9.17, 15) is 0 Å². The Hall–Kier alpha value is -2.75. The van der Waals surface area contributed by atoms with Gasteiger partial charge in [-0.3, -0.25) is 4.98 Å². The van der Waals surface area contributed by atoms with Gasteiger partial charge in [-0.2, -0.15) is 0 Å². The van der Waals surface area contributed by atoms with E-state index in [1.54, 1.807) is 39.9 Å². The van der Waals surface area contributed by atoms with E-state index < -0.39 is 6.29 Å². The van der Waals surface area contributed by atoms with Crippen molar-refractivity contribution >= 4 is 0 Å². The molecule has 5 rings (SSSR count). The van der Waals surface area contributed by atoms with Gasteiger partial charge < -0.3 is 23.7 Å². The molecule has 1 fully saturated rings. The van der Waals surface area contributed by atoms with Crippen LogP contribution in [0.1, 0.15) is 18.1 Å². The Labute approximate surface area is 205 Å². The lowest BCUT2D eigenvalue weighted by atomic mass is 9.99. The highest BCUT2D eigenvalue weighted by Gasteiger charge is 2.47. The molecule has 0 radical (unpaired) electrons. The molecule has 0 saturated carbocycles. The minimum Gasteiger partial charge on any atom is -0.376 e. The monoisotopic (exact) mass is 477 g/mol. The number of aromatic nitrogens is 3. The van der Waals surface area contributed by atoms with Gasteiger partial charge in [0.2, 0.25) is 0 Å². The van der Waals surface area contributed by atoms with Gasteiger partial charge in [-0.1, -0.05) is 12.1 Å². The normalized spacial score (nSPS) is 28.1. The second kappa shape index (κ2) is 10.5. The highest BCUT2D eigenvalue weighted by Crippen LogP contribution is 2.33. The molecule has 2 aromatic heterocycles. The number of fused-ring (bicyclic) bond motifs is 1. The van der Waals surface area contributed by atoms with Crippen LogP contribution < -0.4 is 0 Å². The summed E-state index contributed by atoms with van der Waals surface area (Å²) < 4.78 is 29.6. The smallest absolute Gasteiger partial charge is 0.187 e. The Balaban J connectivity index is 1.31. The van der Waals surface area contributed by atoms with Gasteiger partial charge in [0, 0.05) is 51.0 Å². The summed E-state index contributed by atoms with van der Waals surface area (Å²) in [6.07, 6.45) is 5.30. The maximum absolute atomic E-state index is 6.44. The van der Waals surface area contributed by atoms with Gasteiger partial charge in [-0.15, -0.1) is 0 Å². The standard InChI is InChI=1S/C27H31N3O5/c1-16-23(31-2)24(32-3)25(33-4)27(34-16)35-21-13-17-7-8-18(12-20(17)14-21)22-9-11-29-26(30-22)19-6-5-10-28-15-19/h5-12,15-16,21,23-25,27H,13-14H2,1-4H3/t16-,21?,23-,24+,25+,27?/m0/s1. The Morgan fingerprint density at radius 3 is 2.40 bits per heavy atom. The maximum atomic E-state index is 6.44. The summed E-state index contributed by atoms with van der Waals surface area (Å²) in [6, 6.07) is 12.2. The summed E-state index contributed by atoms with van der Waals surface area (Å²) in [4.78, 5) is 13.4. The molecule has 1 saturated heterocycles. The van der Waals surface area contributed by atoms with E-state index in [2.05, 4.69) is 28.2 Å². The van der Waals surface area contributed by atoms with Crippen molar-refractivity contribution in [1.82, 2.24) is 15.0 Å². The van der Waals surface area contributed by atoms with Crippen LogP contribution in [0.3, 0.4) is 0 Å². The van der Waals surface area contributed by atoms with Crippen LogP contribution in [-0.4, -0.2) is 73.1 Å². The minimum atomic E-state index is -0.533.